The van der Waals surface area contributed by atoms with Crippen molar-refractivity contribution >= 4 is 45.8 Å². The zero-order valence-electron chi connectivity index (χ0n) is 24.6. The van der Waals surface area contributed by atoms with E-state index in [9.17, 15) is 14.4 Å². The van der Waals surface area contributed by atoms with Crippen LogP contribution in [0.15, 0.2) is 136 Å². The molecule has 0 N–H and O–H groups in total. The Balaban J connectivity index is 1.24. The number of carbonyl (C=O) groups excluding carboxylic acids is 3. The van der Waals surface area contributed by atoms with Gasteiger partial charge in [0.05, 0.1) is 5.56 Å². The van der Waals surface area contributed by atoms with Crippen LogP contribution < -0.4 is 0 Å². The predicted octanol–water partition coefficient (Wildman–Crippen LogP) is 9.59. The SMILES string of the molecule is CCCCCC/C(=N/OC(=O)c1ccccc1)C(=O)c1ccc(Sc2ccc(C(=O)c3ccc4ccccc4c3)cc2)cc1. The van der Waals surface area contributed by atoms with Crippen LogP contribution >= 0.6 is 11.8 Å². The maximum absolute atomic E-state index is 13.4. The first-order valence-electron chi connectivity index (χ1n) is 14.8. The van der Waals surface area contributed by atoms with Crippen LogP contribution in [-0.4, -0.2) is 23.2 Å². The van der Waals surface area contributed by atoms with Crippen LogP contribution in [0.4, 0.5) is 0 Å². The molecule has 0 heterocycles. The first kappa shape index (κ1) is 30.6. The van der Waals surface area contributed by atoms with E-state index in [0.29, 0.717) is 28.7 Å². The van der Waals surface area contributed by atoms with E-state index in [0.717, 1.165) is 46.2 Å². The van der Waals surface area contributed by atoms with Gasteiger partial charge in [0.2, 0.25) is 5.78 Å². The van der Waals surface area contributed by atoms with Crippen LogP contribution in [0, 0.1) is 0 Å². The average molecular weight is 600 g/mol. The van der Waals surface area contributed by atoms with Gasteiger partial charge in [-0.25, -0.2) is 4.79 Å². The molecule has 5 rings (SSSR count). The monoisotopic (exact) mass is 599 g/mol. The molecule has 0 amide bonds. The summed E-state index contributed by atoms with van der Waals surface area (Å²) in [6.45, 7) is 2.13. The van der Waals surface area contributed by atoms with Gasteiger partial charge in [0.1, 0.15) is 5.71 Å². The van der Waals surface area contributed by atoms with Gasteiger partial charge in [-0.3, -0.25) is 9.59 Å². The molecule has 0 aliphatic heterocycles. The van der Waals surface area contributed by atoms with E-state index in [2.05, 4.69) is 12.1 Å². The maximum atomic E-state index is 13.4. The summed E-state index contributed by atoms with van der Waals surface area (Å²) in [5, 5.41) is 6.15. The van der Waals surface area contributed by atoms with Gasteiger partial charge < -0.3 is 4.84 Å². The molecule has 5 nitrogen and oxygen atoms in total. The van der Waals surface area contributed by atoms with Gasteiger partial charge in [-0.1, -0.05) is 97.7 Å². The number of carbonyl (C=O) groups is 3. The number of benzene rings is 5. The van der Waals surface area contributed by atoms with Crippen LogP contribution in [0.25, 0.3) is 10.8 Å². The predicted molar refractivity (Wildman–Crippen MR) is 177 cm³/mol. The fourth-order valence-electron chi connectivity index (χ4n) is 4.79. The summed E-state index contributed by atoms with van der Waals surface area (Å²) < 4.78 is 0. The minimum Gasteiger partial charge on any atom is -0.312 e. The molecule has 5 aromatic rings. The van der Waals surface area contributed by atoms with E-state index in [4.69, 9.17) is 4.84 Å². The molecular weight excluding hydrogens is 566 g/mol. The molecule has 0 saturated carbocycles. The lowest BCUT2D eigenvalue weighted by molar-refractivity contribution is 0.0514. The van der Waals surface area contributed by atoms with Crippen LogP contribution in [0.3, 0.4) is 0 Å². The highest BCUT2D eigenvalue weighted by atomic mass is 32.2. The Morgan fingerprint density at radius 1 is 0.614 bits per heavy atom. The summed E-state index contributed by atoms with van der Waals surface area (Å²) in [4.78, 5) is 46.0. The molecule has 0 aromatic heterocycles. The third kappa shape index (κ3) is 7.97. The number of oxime groups is 1. The zero-order chi connectivity index (χ0) is 30.7. The zero-order valence-corrected chi connectivity index (χ0v) is 25.4. The van der Waals surface area contributed by atoms with Crippen LogP contribution in [0.5, 0.6) is 0 Å². The Hall–Kier alpha value is -4.81. The van der Waals surface area contributed by atoms with Crippen molar-refractivity contribution in [1.82, 2.24) is 0 Å². The molecule has 0 atom stereocenters. The third-order valence-electron chi connectivity index (χ3n) is 7.26. The topological polar surface area (TPSA) is 72.8 Å². The molecule has 5 aromatic carbocycles. The van der Waals surface area contributed by atoms with Gasteiger partial charge in [-0.05, 0) is 90.3 Å². The number of Topliss-reactive ketones (excluding diaryl/α,β-unsaturated/α-hetero) is 1. The Kier molecular flexibility index (Phi) is 10.5. The lowest BCUT2D eigenvalue weighted by Crippen LogP contribution is -2.16. The molecule has 0 fully saturated rings. The Labute approximate surface area is 262 Å². The van der Waals surface area contributed by atoms with Crippen molar-refractivity contribution in [2.45, 2.75) is 48.8 Å². The summed E-state index contributed by atoms with van der Waals surface area (Å²) in [6.07, 6.45) is 4.33. The first-order chi connectivity index (χ1) is 21.5. The van der Waals surface area contributed by atoms with Gasteiger partial charge in [0.15, 0.2) is 5.78 Å². The van der Waals surface area contributed by atoms with Gasteiger partial charge in [-0.15, -0.1) is 0 Å². The lowest BCUT2D eigenvalue weighted by Gasteiger charge is -2.08. The molecule has 0 radical (unpaired) electrons. The van der Waals surface area contributed by atoms with Gasteiger partial charge >= 0.3 is 5.97 Å². The van der Waals surface area contributed by atoms with E-state index >= 15 is 0 Å². The van der Waals surface area contributed by atoms with Crippen molar-refractivity contribution in [3.8, 4) is 0 Å². The second-order valence-electron chi connectivity index (χ2n) is 10.5. The third-order valence-corrected chi connectivity index (χ3v) is 8.27. The molecule has 44 heavy (non-hydrogen) atoms. The molecular formula is C38H33NO4S. The summed E-state index contributed by atoms with van der Waals surface area (Å²) in [5.74, 6) is -0.867. The molecule has 6 heteroatoms. The minimum atomic E-state index is -0.596. The molecule has 0 spiro atoms. The maximum Gasteiger partial charge on any atom is 0.365 e. The normalized spacial score (nSPS) is 11.3. The molecule has 0 aliphatic carbocycles. The standard InChI is InChI=1S/C38H33NO4S/c1-2-3-4-8-15-35(39-43-38(42)30-12-6-5-7-13-30)37(41)29-20-24-34(25-21-29)44-33-22-18-28(19-23-33)36(40)32-17-16-27-11-9-10-14-31(27)26-32/h5-7,9-14,16-26H,2-4,8,15H2,1H3/b39-35-. The number of nitrogens with zero attached hydrogens (tertiary/aromatic N) is 1. The molecule has 0 saturated heterocycles. The van der Waals surface area contributed by atoms with Gasteiger partial charge in [0.25, 0.3) is 0 Å². The van der Waals surface area contributed by atoms with E-state index in [-0.39, 0.29) is 17.3 Å². The van der Waals surface area contributed by atoms with Crippen LogP contribution in [0.2, 0.25) is 0 Å². The number of ketones is 2. The molecule has 220 valence electrons. The minimum absolute atomic E-state index is 0.0169. The highest BCUT2D eigenvalue weighted by Crippen LogP contribution is 2.29. The fourth-order valence-corrected chi connectivity index (χ4v) is 5.61. The van der Waals surface area contributed by atoms with Crippen molar-refractivity contribution in [3.05, 3.63) is 144 Å². The van der Waals surface area contributed by atoms with Crippen molar-refractivity contribution in [2.75, 3.05) is 0 Å². The first-order valence-corrected chi connectivity index (χ1v) is 15.6. The summed E-state index contributed by atoms with van der Waals surface area (Å²) in [5.41, 5.74) is 2.38. The van der Waals surface area contributed by atoms with Crippen molar-refractivity contribution in [3.63, 3.8) is 0 Å². The van der Waals surface area contributed by atoms with Gasteiger partial charge in [0, 0.05) is 26.5 Å². The van der Waals surface area contributed by atoms with E-state index in [1.165, 1.54) is 0 Å². The van der Waals surface area contributed by atoms with Crippen LogP contribution in [0.1, 0.15) is 75.7 Å². The molecule has 0 bridgehead atoms. The molecule has 0 aliphatic rings. The average Bonchev–Trinajstić information content (AvgIpc) is 3.08. The lowest BCUT2D eigenvalue weighted by atomic mass is 10.00. The fraction of sp³-hybridized carbons (Fsp3) is 0.158. The summed E-state index contributed by atoms with van der Waals surface area (Å²) in [6, 6.07) is 37.2. The Morgan fingerprint density at radius 2 is 1.23 bits per heavy atom. The number of unbranched alkanes of at least 4 members (excludes halogenated alkanes) is 3. The largest absolute Gasteiger partial charge is 0.365 e. The number of hydrogen-bond acceptors (Lipinski definition) is 6. The second-order valence-corrected chi connectivity index (χ2v) is 11.6. The van der Waals surface area contributed by atoms with Crippen molar-refractivity contribution < 1.29 is 19.2 Å². The Morgan fingerprint density at radius 3 is 1.91 bits per heavy atom. The highest BCUT2D eigenvalue weighted by molar-refractivity contribution is 7.99. The van der Waals surface area contributed by atoms with E-state index in [1.54, 1.807) is 48.2 Å². The van der Waals surface area contributed by atoms with Crippen LogP contribution in [-0.2, 0) is 4.84 Å². The Bertz CT molecular complexity index is 1780. The van der Waals surface area contributed by atoms with E-state index < -0.39 is 5.97 Å². The number of rotatable bonds is 13. The van der Waals surface area contributed by atoms with Crippen molar-refractivity contribution in [1.29, 1.82) is 0 Å². The number of fused-ring (bicyclic) bond motifs is 1. The summed E-state index contributed by atoms with van der Waals surface area (Å²) >= 11 is 1.54. The second kappa shape index (κ2) is 15.1. The quantitative estimate of drug-likeness (QED) is 0.0443. The van der Waals surface area contributed by atoms with Crippen molar-refractivity contribution in [2.24, 2.45) is 5.16 Å². The summed E-state index contributed by atoms with van der Waals surface area (Å²) in [7, 11) is 0. The highest BCUT2D eigenvalue weighted by Gasteiger charge is 2.17. The van der Waals surface area contributed by atoms with Gasteiger partial charge in [-0.2, -0.15) is 0 Å². The molecule has 0 unspecified atom stereocenters. The smallest absolute Gasteiger partial charge is 0.312 e. The van der Waals surface area contributed by atoms with E-state index in [1.807, 2.05) is 84.9 Å². The number of hydrogen-bond donors (Lipinski definition) is 0.